The number of allylic oxidation sites excluding steroid dienone is 2. The van der Waals surface area contributed by atoms with Gasteiger partial charge in [-0.3, -0.25) is 4.79 Å². The summed E-state index contributed by atoms with van der Waals surface area (Å²) >= 11 is 0. The van der Waals surface area contributed by atoms with Gasteiger partial charge in [-0.25, -0.2) is 0 Å². The highest BCUT2D eigenvalue weighted by Gasteiger charge is 2.24. The van der Waals surface area contributed by atoms with E-state index in [2.05, 4.69) is 6.58 Å². The molecule has 19 heavy (non-hydrogen) atoms. The highest BCUT2D eigenvalue weighted by molar-refractivity contribution is 5.98. The maximum absolute atomic E-state index is 12.4. The summed E-state index contributed by atoms with van der Waals surface area (Å²) in [6.45, 7) is 7.93. The molecule has 1 unspecified atom stereocenters. The van der Waals surface area contributed by atoms with Crippen LogP contribution in [-0.2, 0) is 11.2 Å². The quantitative estimate of drug-likeness (QED) is 0.776. The molecule has 2 rings (SSSR count). The molecule has 1 aliphatic rings. The van der Waals surface area contributed by atoms with Gasteiger partial charge in [-0.1, -0.05) is 25.7 Å². The van der Waals surface area contributed by atoms with Crippen molar-refractivity contribution in [3.8, 4) is 0 Å². The van der Waals surface area contributed by atoms with E-state index in [0.29, 0.717) is 12.8 Å². The first-order valence-electron chi connectivity index (χ1n) is 6.52. The van der Waals surface area contributed by atoms with Crippen molar-refractivity contribution in [3.05, 3.63) is 47.5 Å². The zero-order valence-electron chi connectivity index (χ0n) is 11.7. The van der Waals surface area contributed by atoms with Gasteiger partial charge in [0.1, 0.15) is 5.76 Å². The predicted molar refractivity (Wildman–Crippen MR) is 74.3 cm³/mol. The molecule has 3 heteroatoms. The van der Waals surface area contributed by atoms with E-state index < -0.39 is 0 Å². The summed E-state index contributed by atoms with van der Waals surface area (Å²) in [5.74, 6) is 0.973. The first-order valence-corrected chi connectivity index (χ1v) is 6.52. The number of fused-ring (bicyclic) bond motifs is 1. The molecule has 1 aliphatic carbocycles. The van der Waals surface area contributed by atoms with E-state index >= 15 is 0 Å². The largest absolute Gasteiger partial charge is 0.468 e. The number of carbonyl (C=O) groups excluding carboxylic acids is 1. The van der Waals surface area contributed by atoms with Crippen molar-refractivity contribution in [2.75, 3.05) is 7.11 Å². The Labute approximate surface area is 113 Å². The zero-order valence-corrected chi connectivity index (χ0v) is 11.7. The van der Waals surface area contributed by atoms with Crippen molar-refractivity contribution in [2.24, 2.45) is 5.92 Å². The smallest absolute Gasteiger partial charge is 0.167 e. The lowest BCUT2D eigenvalue weighted by atomic mass is 9.90. The first kappa shape index (κ1) is 13.8. The van der Waals surface area contributed by atoms with Crippen molar-refractivity contribution in [2.45, 2.75) is 32.8 Å². The van der Waals surface area contributed by atoms with Crippen molar-refractivity contribution >= 4 is 5.78 Å². The second-order valence-corrected chi connectivity index (χ2v) is 5.22. The Morgan fingerprint density at radius 1 is 1.47 bits per heavy atom. The average molecular weight is 260 g/mol. The third kappa shape index (κ3) is 2.87. The molecule has 0 N–H and O–H groups in total. The molecule has 0 fully saturated rings. The molecule has 1 aromatic rings. The number of carbonyl (C=O) groups is 1. The van der Waals surface area contributed by atoms with Gasteiger partial charge in [-0.15, -0.1) is 0 Å². The minimum absolute atomic E-state index is 0.0607. The normalized spacial score (nSPS) is 26.1. The highest BCUT2D eigenvalue weighted by Crippen LogP contribution is 2.26. The van der Waals surface area contributed by atoms with Crippen LogP contribution in [0.15, 0.2) is 35.0 Å². The van der Waals surface area contributed by atoms with Crippen LogP contribution in [0, 0.1) is 12.8 Å². The van der Waals surface area contributed by atoms with Gasteiger partial charge in [-0.05, 0) is 24.0 Å². The molecular weight excluding hydrogens is 240 g/mol. The number of methoxy groups -OCH3 is 1. The summed E-state index contributed by atoms with van der Waals surface area (Å²) in [5.41, 5.74) is 2.54. The molecule has 0 aliphatic heterocycles. The van der Waals surface area contributed by atoms with Crippen LogP contribution in [0.5, 0.6) is 0 Å². The number of aryl methyl sites for hydroxylation is 1. The van der Waals surface area contributed by atoms with Gasteiger partial charge in [0.25, 0.3) is 0 Å². The Bertz CT molecular complexity index is 522. The van der Waals surface area contributed by atoms with Crippen molar-refractivity contribution in [1.82, 2.24) is 0 Å². The third-order valence-corrected chi connectivity index (χ3v) is 3.58. The fraction of sp³-hybridized carbons (Fsp3) is 0.438. The lowest BCUT2D eigenvalue weighted by Crippen LogP contribution is -2.22. The fourth-order valence-corrected chi connectivity index (χ4v) is 2.51. The Balaban J connectivity index is 2.40. The lowest BCUT2D eigenvalue weighted by Gasteiger charge is -2.20. The van der Waals surface area contributed by atoms with Crippen LogP contribution in [0.3, 0.4) is 0 Å². The van der Waals surface area contributed by atoms with Gasteiger partial charge in [0.15, 0.2) is 5.78 Å². The number of ketones is 1. The monoisotopic (exact) mass is 260 g/mol. The SMILES string of the molecule is C=C1/C=C/C(OC)[C@H](C)CC(=O)c2c(C)coc2C1. The maximum Gasteiger partial charge on any atom is 0.167 e. The second-order valence-electron chi connectivity index (χ2n) is 5.22. The van der Waals surface area contributed by atoms with Gasteiger partial charge >= 0.3 is 0 Å². The van der Waals surface area contributed by atoms with Crippen LogP contribution in [0.2, 0.25) is 0 Å². The van der Waals surface area contributed by atoms with E-state index in [1.54, 1.807) is 13.4 Å². The Hall–Kier alpha value is -1.61. The molecule has 2 atom stereocenters. The predicted octanol–water partition coefficient (Wildman–Crippen LogP) is 3.48. The first-order chi connectivity index (χ1) is 9.02. The van der Waals surface area contributed by atoms with Crippen molar-refractivity contribution < 1.29 is 13.9 Å². The third-order valence-electron chi connectivity index (χ3n) is 3.58. The Kier molecular flexibility index (Phi) is 4.05. The number of hydrogen-bond donors (Lipinski definition) is 0. The van der Waals surface area contributed by atoms with Gasteiger partial charge < -0.3 is 9.15 Å². The molecule has 0 spiro atoms. The summed E-state index contributed by atoms with van der Waals surface area (Å²) in [7, 11) is 1.67. The van der Waals surface area contributed by atoms with Crippen LogP contribution in [-0.4, -0.2) is 19.0 Å². The van der Waals surface area contributed by atoms with E-state index in [-0.39, 0.29) is 17.8 Å². The number of ether oxygens (including phenoxy) is 1. The standard InChI is InChI=1S/C16H20O3/c1-10-5-6-14(18-4)11(2)8-13(17)16-12(3)9-19-15(16)7-10/h5-6,9,11,14H,1,7-8H2,2-4H3/b6-5+/t11-,14?/m1/s1. The topological polar surface area (TPSA) is 39.4 Å². The molecule has 1 aromatic heterocycles. The molecule has 0 saturated carbocycles. The number of rotatable bonds is 1. The summed E-state index contributed by atoms with van der Waals surface area (Å²) in [6.07, 6.45) is 6.55. The van der Waals surface area contributed by atoms with E-state index in [1.165, 1.54) is 0 Å². The van der Waals surface area contributed by atoms with Gasteiger partial charge in [0.2, 0.25) is 0 Å². The summed E-state index contributed by atoms with van der Waals surface area (Å²) in [5, 5.41) is 0. The van der Waals surface area contributed by atoms with Gasteiger partial charge in [0, 0.05) is 20.0 Å². The van der Waals surface area contributed by atoms with Gasteiger partial charge in [0.05, 0.1) is 17.9 Å². The van der Waals surface area contributed by atoms with E-state index in [1.807, 2.05) is 26.0 Å². The summed E-state index contributed by atoms with van der Waals surface area (Å²) in [6, 6.07) is 0. The Morgan fingerprint density at radius 2 is 2.21 bits per heavy atom. The van der Waals surface area contributed by atoms with Crippen LogP contribution >= 0.6 is 0 Å². The maximum atomic E-state index is 12.4. The number of Topliss-reactive ketones (excluding diaryl/α,β-unsaturated/α-hetero) is 1. The zero-order chi connectivity index (χ0) is 14.0. The average Bonchev–Trinajstić information content (AvgIpc) is 2.70. The molecular formula is C16H20O3. The molecule has 102 valence electrons. The minimum atomic E-state index is -0.0607. The molecule has 1 heterocycles. The van der Waals surface area contributed by atoms with Crippen LogP contribution < -0.4 is 0 Å². The highest BCUT2D eigenvalue weighted by atomic mass is 16.5. The summed E-state index contributed by atoms with van der Waals surface area (Å²) in [4.78, 5) is 12.4. The van der Waals surface area contributed by atoms with Crippen LogP contribution in [0.25, 0.3) is 0 Å². The lowest BCUT2D eigenvalue weighted by molar-refractivity contribution is 0.0772. The molecule has 0 saturated heterocycles. The van der Waals surface area contributed by atoms with Crippen LogP contribution in [0.4, 0.5) is 0 Å². The van der Waals surface area contributed by atoms with E-state index in [0.717, 1.165) is 22.5 Å². The summed E-state index contributed by atoms with van der Waals surface area (Å²) < 4.78 is 10.9. The molecule has 0 radical (unpaired) electrons. The van der Waals surface area contributed by atoms with Crippen molar-refractivity contribution in [3.63, 3.8) is 0 Å². The molecule has 0 amide bonds. The molecule has 3 nitrogen and oxygen atoms in total. The van der Waals surface area contributed by atoms with E-state index in [4.69, 9.17) is 9.15 Å². The molecule has 0 aromatic carbocycles. The van der Waals surface area contributed by atoms with Crippen molar-refractivity contribution in [1.29, 1.82) is 0 Å². The van der Waals surface area contributed by atoms with Gasteiger partial charge in [-0.2, -0.15) is 0 Å². The number of furan rings is 1. The second kappa shape index (κ2) is 5.57. The molecule has 0 bridgehead atoms. The fourth-order valence-electron chi connectivity index (χ4n) is 2.51. The van der Waals surface area contributed by atoms with Crippen LogP contribution in [0.1, 0.15) is 35.0 Å². The number of hydrogen-bond acceptors (Lipinski definition) is 3. The minimum Gasteiger partial charge on any atom is -0.468 e. The Morgan fingerprint density at radius 3 is 2.89 bits per heavy atom. The van der Waals surface area contributed by atoms with E-state index in [9.17, 15) is 4.79 Å².